The maximum Gasteiger partial charge on any atom is 0.266 e. The van der Waals surface area contributed by atoms with Crippen LogP contribution in [0.2, 0.25) is 0 Å². The smallest absolute Gasteiger partial charge is 0.266 e. The molecule has 6 nitrogen and oxygen atoms in total. The molecule has 7 heteroatoms. The molecule has 0 radical (unpaired) electrons. The highest BCUT2D eigenvalue weighted by Gasteiger charge is 2.30. The van der Waals surface area contributed by atoms with Gasteiger partial charge in [0, 0.05) is 19.6 Å². The molecule has 1 unspecified atom stereocenters. The number of aromatic nitrogens is 1. The average Bonchev–Trinajstić information content (AvgIpc) is 2.78. The Morgan fingerprint density at radius 2 is 2.33 bits per heavy atom. The molecule has 118 valence electrons. The third kappa shape index (κ3) is 4.00. The van der Waals surface area contributed by atoms with Crippen LogP contribution in [0.25, 0.3) is 0 Å². The topological polar surface area (TPSA) is 65.9 Å². The molecule has 1 N–H and O–H groups in total. The first-order valence-corrected chi connectivity index (χ1v) is 7.96. The van der Waals surface area contributed by atoms with Crippen molar-refractivity contribution in [2.45, 2.75) is 19.9 Å². The lowest BCUT2D eigenvalue weighted by Gasteiger charge is -2.37. The molecule has 2 rings (SSSR count). The monoisotopic (exact) mass is 313 g/mol. The van der Waals surface area contributed by atoms with Gasteiger partial charge in [0.1, 0.15) is 4.88 Å². The van der Waals surface area contributed by atoms with Crippen molar-refractivity contribution in [2.24, 2.45) is 0 Å². The lowest BCUT2D eigenvalue weighted by atomic mass is 10.2. The van der Waals surface area contributed by atoms with Crippen LogP contribution < -0.4 is 0 Å². The van der Waals surface area contributed by atoms with Gasteiger partial charge < -0.3 is 19.6 Å². The summed E-state index contributed by atoms with van der Waals surface area (Å²) in [7, 11) is 1.94. The van der Waals surface area contributed by atoms with Crippen LogP contribution in [0.15, 0.2) is 0 Å². The number of hydrogen-bond acceptors (Lipinski definition) is 6. The van der Waals surface area contributed by atoms with Gasteiger partial charge in [-0.15, -0.1) is 11.3 Å². The van der Waals surface area contributed by atoms with Crippen molar-refractivity contribution in [2.75, 3.05) is 46.5 Å². The van der Waals surface area contributed by atoms with Gasteiger partial charge in [-0.2, -0.15) is 0 Å². The number of morpholine rings is 1. The third-order valence-corrected chi connectivity index (χ3v) is 4.65. The van der Waals surface area contributed by atoms with E-state index in [1.165, 1.54) is 11.3 Å². The molecule has 1 amide bonds. The van der Waals surface area contributed by atoms with Crippen LogP contribution in [0.4, 0.5) is 0 Å². The molecular formula is C14H23N3O3S. The number of thiazole rings is 1. The van der Waals surface area contributed by atoms with E-state index in [2.05, 4.69) is 4.98 Å². The van der Waals surface area contributed by atoms with E-state index in [-0.39, 0.29) is 18.6 Å². The van der Waals surface area contributed by atoms with Crippen molar-refractivity contribution in [3.05, 3.63) is 15.6 Å². The van der Waals surface area contributed by atoms with Gasteiger partial charge >= 0.3 is 0 Å². The highest BCUT2D eigenvalue weighted by molar-refractivity contribution is 7.13. The summed E-state index contributed by atoms with van der Waals surface area (Å²) >= 11 is 1.45. The minimum Gasteiger partial charge on any atom is -0.395 e. The molecule has 21 heavy (non-hydrogen) atoms. The van der Waals surface area contributed by atoms with Crippen molar-refractivity contribution in [3.8, 4) is 0 Å². The second-order valence-corrected chi connectivity index (χ2v) is 6.56. The summed E-state index contributed by atoms with van der Waals surface area (Å²) in [6.45, 7) is 6.92. The lowest BCUT2D eigenvalue weighted by molar-refractivity contribution is -0.0107. The Labute approximate surface area is 129 Å². The fourth-order valence-electron chi connectivity index (χ4n) is 2.56. The Balaban J connectivity index is 2.10. The molecule has 1 saturated heterocycles. The number of aliphatic hydroxyl groups is 1. The Morgan fingerprint density at radius 1 is 1.57 bits per heavy atom. The third-order valence-electron chi connectivity index (χ3n) is 3.59. The summed E-state index contributed by atoms with van der Waals surface area (Å²) in [4.78, 5) is 21.7. The molecule has 0 aliphatic carbocycles. The van der Waals surface area contributed by atoms with Crippen LogP contribution in [-0.4, -0.2) is 78.3 Å². The normalized spacial score (nSPS) is 19.3. The minimum atomic E-state index is 0.0182. The molecule has 1 atom stereocenters. The van der Waals surface area contributed by atoms with Crippen molar-refractivity contribution in [1.82, 2.24) is 14.8 Å². The molecule has 1 aliphatic heterocycles. The SMILES string of the molecule is Cc1nc(C)c(C(=O)N2CCOCC2CN(C)CCO)s1. The second kappa shape index (κ2) is 7.31. The first kappa shape index (κ1) is 16.4. The molecule has 2 heterocycles. The molecule has 1 aliphatic rings. The van der Waals surface area contributed by atoms with Gasteiger partial charge in [-0.1, -0.05) is 0 Å². The number of nitrogens with zero attached hydrogens (tertiary/aromatic N) is 3. The number of hydrogen-bond donors (Lipinski definition) is 1. The predicted octanol–water partition coefficient (Wildman–Crippen LogP) is 0.525. The fraction of sp³-hybridized carbons (Fsp3) is 0.714. The molecular weight excluding hydrogens is 290 g/mol. The van der Waals surface area contributed by atoms with E-state index in [1.807, 2.05) is 30.7 Å². The molecule has 0 bridgehead atoms. The summed E-state index contributed by atoms with van der Waals surface area (Å²) in [6.07, 6.45) is 0. The lowest BCUT2D eigenvalue weighted by Crippen LogP contribution is -2.53. The highest BCUT2D eigenvalue weighted by Crippen LogP contribution is 2.21. The van der Waals surface area contributed by atoms with Crippen molar-refractivity contribution >= 4 is 17.2 Å². The van der Waals surface area contributed by atoms with Crippen LogP contribution in [0.1, 0.15) is 20.4 Å². The van der Waals surface area contributed by atoms with Gasteiger partial charge in [0.05, 0.1) is 36.6 Å². The van der Waals surface area contributed by atoms with Crippen LogP contribution in [0.3, 0.4) is 0 Å². The summed E-state index contributed by atoms with van der Waals surface area (Å²) in [6, 6.07) is 0.0182. The van der Waals surface area contributed by atoms with Crippen molar-refractivity contribution < 1.29 is 14.6 Å². The quantitative estimate of drug-likeness (QED) is 0.859. The first-order valence-electron chi connectivity index (χ1n) is 7.15. The number of carbonyl (C=O) groups excluding carboxylic acids is 1. The van der Waals surface area contributed by atoms with Crippen LogP contribution in [0, 0.1) is 13.8 Å². The van der Waals surface area contributed by atoms with Gasteiger partial charge in [0.25, 0.3) is 5.91 Å². The predicted molar refractivity (Wildman–Crippen MR) is 81.8 cm³/mol. The van der Waals surface area contributed by atoms with E-state index >= 15 is 0 Å². The Morgan fingerprint density at radius 3 is 2.95 bits per heavy atom. The molecule has 0 aromatic carbocycles. The zero-order chi connectivity index (χ0) is 15.4. The number of amides is 1. The second-order valence-electron chi connectivity index (χ2n) is 5.36. The van der Waals surface area contributed by atoms with E-state index in [9.17, 15) is 4.79 Å². The zero-order valence-electron chi connectivity index (χ0n) is 12.8. The summed E-state index contributed by atoms with van der Waals surface area (Å²) in [5, 5.41) is 9.91. The van der Waals surface area contributed by atoms with E-state index in [0.717, 1.165) is 15.6 Å². The number of carbonyl (C=O) groups is 1. The van der Waals surface area contributed by atoms with E-state index in [4.69, 9.17) is 9.84 Å². The maximum absolute atomic E-state index is 12.8. The summed E-state index contributed by atoms with van der Waals surface area (Å²) in [5.41, 5.74) is 0.802. The molecule has 1 aromatic rings. The first-order chi connectivity index (χ1) is 10.0. The van der Waals surface area contributed by atoms with Crippen LogP contribution >= 0.6 is 11.3 Å². The highest BCUT2D eigenvalue weighted by atomic mass is 32.1. The van der Waals surface area contributed by atoms with E-state index in [0.29, 0.717) is 32.8 Å². The molecule has 1 aromatic heterocycles. The van der Waals surface area contributed by atoms with Gasteiger partial charge in [0.2, 0.25) is 0 Å². The van der Waals surface area contributed by atoms with Crippen LogP contribution in [-0.2, 0) is 4.74 Å². The average molecular weight is 313 g/mol. The van der Waals surface area contributed by atoms with Gasteiger partial charge in [0.15, 0.2) is 0 Å². The number of rotatable bonds is 5. The van der Waals surface area contributed by atoms with Gasteiger partial charge in [-0.05, 0) is 20.9 Å². The zero-order valence-corrected chi connectivity index (χ0v) is 13.7. The summed E-state index contributed by atoms with van der Waals surface area (Å²) < 4.78 is 5.52. The Bertz CT molecular complexity index is 492. The van der Waals surface area contributed by atoms with E-state index < -0.39 is 0 Å². The molecule has 0 saturated carbocycles. The number of aryl methyl sites for hydroxylation is 2. The van der Waals surface area contributed by atoms with E-state index in [1.54, 1.807) is 0 Å². The largest absolute Gasteiger partial charge is 0.395 e. The number of ether oxygens (including phenoxy) is 1. The Kier molecular flexibility index (Phi) is 5.69. The van der Waals surface area contributed by atoms with Gasteiger partial charge in [-0.3, -0.25) is 4.79 Å². The van der Waals surface area contributed by atoms with Crippen molar-refractivity contribution in [1.29, 1.82) is 0 Å². The number of aliphatic hydroxyl groups excluding tert-OH is 1. The number of likely N-dealkylation sites (N-methyl/N-ethyl adjacent to an activating group) is 1. The fourth-order valence-corrected chi connectivity index (χ4v) is 3.43. The molecule has 0 spiro atoms. The van der Waals surface area contributed by atoms with Crippen molar-refractivity contribution in [3.63, 3.8) is 0 Å². The molecule has 1 fully saturated rings. The van der Waals surface area contributed by atoms with Crippen LogP contribution in [0.5, 0.6) is 0 Å². The standard InChI is InChI=1S/C14H23N3O3S/c1-10-13(21-11(2)15-10)14(19)17-5-7-20-9-12(17)8-16(3)4-6-18/h12,18H,4-9H2,1-3H3. The Hall–Kier alpha value is -1.02. The summed E-state index contributed by atoms with van der Waals surface area (Å²) in [5.74, 6) is 0.0452. The minimum absolute atomic E-state index is 0.0182. The maximum atomic E-state index is 12.8. The van der Waals surface area contributed by atoms with Gasteiger partial charge in [-0.25, -0.2) is 4.98 Å².